The fraction of sp³-hybridized carbons (Fsp3) is 0.462. The predicted octanol–water partition coefficient (Wildman–Crippen LogP) is 2.46. The van der Waals surface area contributed by atoms with E-state index in [0.29, 0.717) is 49.1 Å². The molecule has 5 nitrogen and oxygen atoms in total. The number of amides is 1. The number of anilines is 1. The van der Waals surface area contributed by atoms with Gasteiger partial charge in [-0.2, -0.15) is 0 Å². The van der Waals surface area contributed by atoms with Crippen molar-refractivity contribution in [3.63, 3.8) is 0 Å². The van der Waals surface area contributed by atoms with Crippen molar-refractivity contribution in [2.75, 3.05) is 32.2 Å². The number of rotatable bonds is 8. The highest BCUT2D eigenvalue weighted by molar-refractivity contribution is 6.32. The number of para-hydroxylation sites is 1. The quantitative estimate of drug-likeness (QED) is 0.721. The molecule has 0 spiro atoms. The van der Waals surface area contributed by atoms with Gasteiger partial charge in [0.1, 0.15) is 6.61 Å². The van der Waals surface area contributed by atoms with E-state index in [-0.39, 0.29) is 18.3 Å². The number of methoxy groups -OCH3 is 1. The van der Waals surface area contributed by atoms with Crippen LogP contribution < -0.4 is 15.8 Å². The van der Waals surface area contributed by atoms with Crippen molar-refractivity contribution in [3.8, 4) is 5.75 Å². The average Bonchev–Trinajstić information content (AvgIpc) is 2.39. The zero-order chi connectivity index (χ0) is 14.1. The van der Waals surface area contributed by atoms with Crippen molar-refractivity contribution >= 4 is 35.6 Å². The number of carbonyl (C=O) groups is 1. The van der Waals surface area contributed by atoms with Crippen LogP contribution in [0, 0.1) is 0 Å². The minimum Gasteiger partial charge on any atom is -0.487 e. The zero-order valence-electron chi connectivity index (χ0n) is 11.4. The minimum absolute atomic E-state index is 0. The lowest BCUT2D eigenvalue weighted by molar-refractivity contribution is -0.116. The SMILES string of the molecule is COCCOc1c(Cl)cccc1NC(=O)CCCN.Cl. The minimum atomic E-state index is -0.107. The van der Waals surface area contributed by atoms with Crippen molar-refractivity contribution in [1.82, 2.24) is 0 Å². The third-order valence-electron chi connectivity index (χ3n) is 2.38. The van der Waals surface area contributed by atoms with Crippen molar-refractivity contribution in [2.24, 2.45) is 5.73 Å². The summed E-state index contributed by atoms with van der Waals surface area (Å²) >= 11 is 6.06. The standard InChI is InChI=1S/C13H19ClN2O3.ClH/c1-18-8-9-19-13-10(14)4-2-5-11(13)16-12(17)6-3-7-15;/h2,4-5H,3,6-9,15H2,1H3,(H,16,17);1H. The average molecular weight is 323 g/mol. The molecule has 0 aromatic heterocycles. The molecule has 0 aliphatic rings. The van der Waals surface area contributed by atoms with E-state index in [1.165, 1.54) is 0 Å². The molecule has 0 heterocycles. The van der Waals surface area contributed by atoms with Gasteiger partial charge in [0.15, 0.2) is 5.75 Å². The lowest BCUT2D eigenvalue weighted by Crippen LogP contribution is -2.15. The van der Waals surface area contributed by atoms with Gasteiger partial charge in [-0.05, 0) is 25.1 Å². The third kappa shape index (κ3) is 6.43. The molecule has 114 valence electrons. The summed E-state index contributed by atoms with van der Waals surface area (Å²) in [6.07, 6.45) is 1.02. The molecule has 1 amide bonds. The van der Waals surface area contributed by atoms with Gasteiger partial charge in [0.25, 0.3) is 0 Å². The summed E-state index contributed by atoms with van der Waals surface area (Å²) in [5.74, 6) is 0.353. The summed E-state index contributed by atoms with van der Waals surface area (Å²) in [6.45, 7) is 1.30. The van der Waals surface area contributed by atoms with Crippen LogP contribution >= 0.6 is 24.0 Å². The van der Waals surface area contributed by atoms with Crippen molar-refractivity contribution < 1.29 is 14.3 Å². The van der Waals surface area contributed by atoms with Crippen LogP contribution in [0.2, 0.25) is 5.02 Å². The summed E-state index contributed by atoms with van der Waals surface area (Å²) in [6, 6.07) is 5.21. The number of nitrogens with one attached hydrogen (secondary N) is 1. The molecule has 0 fully saturated rings. The lowest BCUT2D eigenvalue weighted by Gasteiger charge is -2.13. The number of nitrogens with two attached hydrogens (primary N) is 1. The topological polar surface area (TPSA) is 73.6 Å². The highest BCUT2D eigenvalue weighted by atomic mass is 35.5. The van der Waals surface area contributed by atoms with Gasteiger partial charge in [0.05, 0.1) is 17.3 Å². The normalized spacial score (nSPS) is 9.75. The second kappa shape index (κ2) is 10.7. The smallest absolute Gasteiger partial charge is 0.224 e. The first-order valence-corrected chi connectivity index (χ1v) is 6.47. The van der Waals surface area contributed by atoms with Crippen molar-refractivity contribution in [2.45, 2.75) is 12.8 Å². The molecule has 0 aliphatic heterocycles. The highest BCUT2D eigenvalue weighted by Crippen LogP contribution is 2.32. The van der Waals surface area contributed by atoms with Crippen LogP contribution in [0.25, 0.3) is 0 Å². The molecule has 1 rings (SSSR count). The molecule has 0 saturated carbocycles. The first-order chi connectivity index (χ1) is 9.19. The summed E-state index contributed by atoms with van der Waals surface area (Å²) in [5, 5.41) is 3.22. The molecule has 7 heteroatoms. The van der Waals surface area contributed by atoms with E-state index >= 15 is 0 Å². The summed E-state index contributed by atoms with van der Waals surface area (Å²) < 4.78 is 10.4. The van der Waals surface area contributed by atoms with Gasteiger partial charge >= 0.3 is 0 Å². The Bertz CT molecular complexity index is 417. The Hall–Kier alpha value is -1.01. The molecule has 0 atom stereocenters. The Morgan fingerprint density at radius 1 is 1.40 bits per heavy atom. The molecule has 1 aromatic carbocycles. The van der Waals surface area contributed by atoms with Gasteiger partial charge in [-0.25, -0.2) is 0 Å². The number of hydrogen-bond acceptors (Lipinski definition) is 4. The first-order valence-electron chi connectivity index (χ1n) is 6.09. The van der Waals surface area contributed by atoms with Crippen LogP contribution in [0.1, 0.15) is 12.8 Å². The lowest BCUT2D eigenvalue weighted by atomic mass is 10.2. The molecule has 3 N–H and O–H groups in total. The zero-order valence-corrected chi connectivity index (χ0v) is 12.9. The number of ether oxygens (including phenoxy) is 2. The molecular formula is C13H20Cl2N2O3. The largest absolute Gasteiger partial charge is 0.487 e. The molecule has 0 aliphatic carbocycles. The maximum atomic E-state index is 11.7. The number of carbonyl (C=O) groups excluding carboxylic acids is 1. The summed E-state index contributed by atoms with van der Waals surface area (Å²) in [4.78, 5) is 11.7. The van der Waals surface area contributed by atoms with E-state index in [2.05, 4.69) is 5.32 Å². The Kier molecular flexibility index (Phi) is 10.2. The highest BCUT2D eigenvalue weighted by Gasteiger charge is 2.11. The van der Waals surface area contributed by atoms with E-state index in [1.807, 2.05) is 0 Å². The van der Waals surface area contributed by atoms with E-state index < -0.39 is 0 Å². The maximum Gasteiger partial charge on any atom is 0.224 e. The Labute approximate surface area is 130 Å². The van der Waals surface area contributed by atoms with Gasteiger partial charge < -0.3 is 20.5 Å². The van der Waals surface area contributed by atoms with Gasteiger partial charge in [0, 0.05) is 13.5 Å². The van der Waals surface area contributed by atoms with Crippen LogP contribution in [0.5, 0.6) is 5.75 Å². The summed E-state index contributed by atoms with van der Waals surface area (Å²) in [5.41, 5.74) is 5.93. The Balaban J connectivity index is 0.00000361. The molecule has 20 heavy (non-hydrogen) atoms. The second-order valence-electron chi connectivity index (χ2n) is 3.90. The van der Waals surface area contributed by atoms with Gasteiger partial charge in [-0.15, -0.1) is 12.4 Å². The molecule has 0 radical (unpaired) electrons. The maximum absolute atomic E-state index is 11.7. The number of halogens is 2. The second-order valence-corrected chi connectivity index (χ2v) is 4.31. The number of benzene rings is 1. The van der Waals surface area contributed by atoms with Crippen LogP contribution in [-0.4, -0.2) is 32.8 Å². The van der Waals surface area contributed by atoms with Crippen LogP contribution in [0.3, 0.4) is 0 Å². The monoisotopic (exact) mass is 322 g/mol. The Morgan fingerprint density at radius 3 is 2.80 bits per heavy atom. The third-order valence-corrected chi connectivity index (χ3v) is 2.68. The molecular weight excluding hydrogens is 303 g/mol. The molecule has 1 aromatic rings. The fourth-order valence-electron chi connectivity index (χ4n) is 1.46. The van der Waals surface area contributed by atoms with Gasteiger partial charge in [-0.3, -0.25) is 4.79 Å². The number of hydrogen-bond donors (Lipinski definition) is 2. The van der Waals surface area contributed by atoms with E-state index in [0.717, 1.165) is 0 Å². The first kappa shape index (κ1) is 19.0. The van der Waals surface area contributed by atoms with Crippen LogP contribution in [0.4, 0.5) is 5.69 Å². The fourth-order valence-corrected chi connectivity index (χ4v) is 1.69. The summed E-state index contributed by atoms with van der Waals surface area (Å²) in [7, 11) is 1.59. The Morgan fingerprint density at radius 2 is 2.15 bits per heavy atom. The van der Waals surface area contributed by atoms with Gasteiger partial charge in [0.2, 0.25) is 5.91 Å². The van der Waals surface area contributed by atoms with E-state index in [4.69, 9.17) is 26.8 Å². The van der Waals surface area contributed by atoms with E-state index in [9.17, 15) is 4.79 Å². The van der Waals surface area contributed by atoms with Crippen LogP contribution in [0.15, 0.2) is 18.2 Å². The van der Waals surface area contributed by atoms with Crippen molar-refractivity contribution in [1.29, 1.82) is 0 Å². The molecule has 0 saturated heterocycles. The molecule has 0 unspecified atom stereocenters. The van der Waals surface area contributed by atoms with E-state index in [1.54, 1.807) is 25.3 Å². The predicted molar refractivity (Wildman–Crippen MR) is 83.0 cm³/mol. The molecule has 0 bridgehead atoms. The van der Waals surface area contributed by atoms with Gasteiger partial charge in [-0.1, -0.05) is 17.7 Å². The van der Waals surface area contributed by atoms with Crippen molar-refractivity contribution in [3.05, 3.63) is 23.2 Å². The van der Waals surface area contributed by atoms with Crippen LogP contribution in [-0.2, 0) is 9.53 Å².